The second-order valence-corrected chi connectivity index (χ2v) is 2.93. The molecule has 0 amide bonds. The van der Waals surface area contributed by atoms with E-state index in [4.69, 9.17) is 22.4 Å². The molecule has 5 heteroatoms. The molecule has 1 aromatic carbocycles. The minimum Gasteiger partial charge on any atom is -0.508 e. The van der Waals surface area contributed by atoms with Crippen molar-refractivity contribution >= 4 is 24.0 Å². The fourth-order valence-electron chi connectivity index (χ4n) is 0.921. The number of aliphatic hydroxyl groups is 1. The van der Waals surface area contributed by atoms with Gasteiger partial charge in [0, 0.05) is 10.6 Å². The third-order valence-corrected chi connectivity index (χ3v) is 1.82. The average Bonchev–Trinajstić information content (AvgIpc) is 2.08. The van der Waals surface area contributed by atoms with Crippen LogP contribution in [0.15, 0.2) is 18.2 Å². The highest BCUT2D eigenvalue weighted by Crippen LogP contribution is 2.25. The molecule has 1 atom stereocenters. The number of hydrogen-bond donors (Lipinski definition) is 3. The summed E-state index contributed by atoms with van der Waals surface area (Å²) in [5.74, 6) is 0.0564. The lowest BCUT2D eigenvalue weighted by Crippen LogP contribution is -2.14. The molecule has 1 aromatic rings. The van der Waals surface area contributed by atoms with Crippen molar-refractivity contribution in [3.8, 4) is 5.75 Å². The standard InChI is InChI=1S/C8H10ClNO2.ClH/c9-5-1-2-8(12)6(3-5)7(10)4-11;/h1-3,7,11-12H,4,10H2;1H/t7-;/m0./s1. The second kappa shape index (κ2) is 5.29. The molecule has 3 nitrogen and oxygen atoms in total. The van der Waals surface area contributed by atoms with Crippen molar-refractivity contribution in [3.63, 3.8) is 0 Å². The highest BCUT2D eigenvalue weighted by atomic mass is 35.5. The molecule has 13 heavy (non-hydrogen) atoms. The Morgan fingerprint density at radius 1 is 1.46 bits per heavy atom. The van der Waals surface area contributed by atoms with Gasteiger partial charge in [-0.05, 0) is 18.2 Å². The molecule has 0 saturated heterocycles. The van der Waals surface area contributed by atoms with Gasteiger partial charge in [0.05, 0.1) is 12.6 Å². The molecule has 74 valence electrons. The summed E-state index contributed by atoms with van der Waals surface area (Å²) in [6.45, 7) is -0.214. The minimum atomic E-state index is -0.580. The van der Waals surface area contributed by atoms with Crippen LogP contribution >= 0.6 is 24.0 Å². The SMILES string of the molecule is Cl.N[C@@H](CO)c1cc(Cl)ccc1O. The van der Waals surface area contributed by atoms with Crippen LogP contribution in [0.4, 0.5) is 0 Å². The number of phenols is 1. The molecular weight excluding hydrogens is 213 g/mol. The van der Waals surface area contributed by atoms with Crippen molar-refractivity contribution in [1.29, 1.82) is 0 Å². The second-order valence-electron chi connectivity index (χ2n) is 2.49. The molecular formula is C8H11Cl2NO2. The van der Waals surface area contributed by atoms with Gasteiger partial charge in [0.15, 0.2) is 0 Å². The molecule has 4 N–H and O–H groups in total. The number of hydrogen-bond acceptors (Lipinski definition) is 3. The van der Waals surface area contributed by atoms with E-state index in [1.165, 1.54) is 12.1 Å². The summed E-state index contributed by atoms with van der Waals surface area (Å²) in [6.07, 6.45) is 0. The molecule has 1 rings (SSSR count). The lowest BCUT2D eigenvalue weighted by molar-refractivity contribution is 0.265. The molecule has 0 aromatic heterocycles. The van der Waals surface area contributed by atoms with Crippen LogP contribution in [0.5, 0.6) is 5.75 Å². The predicted octanol–water partition coefficient (Wildman–Crippen LogP) is 1.46. The first kappa shape index (κ1) is 12.5. The van der Waals surface area contributed by atoms with E-state index in [1.54, 1.807) is 6.07 Å². The van der Waals surface area contributed by atoms with E-state index in [1.807, 2.05) is 0 Å². The molecule has 0 radical (unpaired) electrons. The smallest absolute Gasteiger partial charge is 0.120 e. The molecule has 0 spiro atoms. The first-order valence-electron chi connectivity index (χ1n) is 3.50. The summed E-state index contributed by atoms with van der Waals surface area (Å²) >= 11 is 5.67. The van der Waals surface area contributed by atoms with Gasteiger partial charge in [0.25, 0.3) is 0 Å². The number of nitrogens with two attached hydrogens (primary N) is 1. The van der Waals surface area contributed by atoms with Gasteiger partial charge in [-0.1, -0.05) is 11.6 Å². The molecule has 0 aliphatic carbocycles. The Hall–Kier alpha value is -0.480. The van der Waals surface area contributed by atoms with Crippen molar-refractivity contribution in [2.75, 3.05) is 6.61 Å². The number of aromatic hydroxyl groups is 1. The highest BCUT2D eigenvalue weighted by molar-refractivity contribution is 6.30. The number of aliphatic hydroxyl groups excluding tert-OH is 1. The van der Waals surface area contributed by atoms with Gasteiger partial charge in [0.1, 0.15) is 5.75 Å². The van der Waals surface area contributed by atoms with E-state index < -0.39 is 6.04 Å². The third-order valence-electron chi connectivity index (χ3n) is 1.59. The monoisotopic (exact) mass is 223 g/mol. The Bertz CT molecular complexity index is 281. The molecule has 0 heterocycles. The Labute approximate surface area is 87.5 Å². The predicted molar refractivity (Wildman–Crippen MR) is 54.4 cm³/mol. The Morgan fingerprint density at radius 2 is 2.08 bits per heavy atom. The normalized spacial score (nSPS) is 11.9. The zero-order chi connectivity index (χ0) is 9.14. The van der Waals surface area contributed by atoms with Gasteiger partial charge >= 0.3 is 0 Å². The Morgan fingerprint density at radius 3 is 2.62 bits per heavy atom. The topological polar surface area (TPSA) is 66.5 Å². The molecule has 0 bridgehead atoms. The summed E-state index contributed by atoms with van der Waals surface area (Å²) in [5, 5.41) is 18.5. The van der Waals surface area contributed by atoms with Gasteiger partial charge < -0.3 is 15.9 Å². The number of halogens is 2. The lowest BCUT2D eigenvalue weighted by atomic mass is 10.1. The fourth-order valence-corrected chi connectivity index (χ4v) is 1.10. The summed E-state index contributed by atoms with van der Waals surface area (Å²) in [4.78, 5) is 0. The van der Waals surface area contributed by atoms with Gasteiger partial charge in [-0.25, -0.2) is 0 Å². The lowest BCUT2D eigenvalue weighted by Gasteiger charge is -2.10. The Kier molecular flexibility index (Phi) is 5.10. The molecule has 0 saturated carbocycles. The van der Waals surface area contributed by atoms with Gasteiger partial charge in [-0.3, -0.25) is 0 Å². The number of phenolic OH excluding ortho intramolecular Hbond substituents is 1. The van der Waals surface area contributed by atoms with Crippen molar-refractivity contribution in [2.45, 2.75) is 6.04 Å². The largest absolute Gasteiger partial charge is 0.508 e. The first-order valence-corrected chi connectivity index (χ1v) is 3.88. The fraction of sp³-hybridized carbons (Fsp3) is 0.250. The van der Waals surface area contributed by atoms with E-state index in [-0.39, 0.29) is 24.8 Å². The average molecular weight is 224 g/mol. The van der Waals surface area contributed by atoms with Crippen LogP contribution in [0.25, 0.3) is 0 Å². The van der Waals surface area contributed by atoms with Crippen LogP contribution < -0.4 is 5.73 Å². The van der Waals surface area contributed by atoms with E-state index in [2.05, 4.69) is 0 Å². The van der Waals surface area contributed by atoms with E-state index in [0.29, 0.717) is 10.6 Å². The molecule has 0 aliphatic heterocycles. The number of benzene rings is 1. The maximum atomic E-state index is 9.29. The maximum Gasteiger partial charge on any atom is 0.120 e. The van der Waals surface area contributed by atoms with Crippen molar-refractivity contribution in [3.05, 3.63) is 28.8 Å². The van der Waals surface area contributed by atoms with Crippen LogP contribution in [0, 0.1) is 0 Å². The zero-order valence-corrected chi connectivity index (χ0v) is 8.35. The van der Waals surface area contributed by atoms with Gasteiger partial charge in [-0.15, -0.1) is 12.4 Å². The van der Waals surface area contributed by atoms with Crippen LogP contribution in [-0.2, 0) is 0 Å². The van der Waals surface area contributed by atoms with Crippen molar-refractivity contribution in [1.82, 2.24) is 0 Å². The minimum absolute atomic E-state index is 0. The number of rotatable bonds is 2. The van der Waals surface area contributed by atoms with E-state index >= 15 is 0 Å². The first-order chi connectivity index (χ1) is 5.65. The van der Waals surface area contributed by atoms with Crippen molar-refractivity contribution < 1.29 is 10.2 Å². The summed E-state index contributed by atoms with van der Waals surface area (Å²) in [6, 6.07) is 3.97. The van der Waals surface area contributed by atoms with Crippen molar-refractivity contribution in [2.24, 2.45) is 5.73 Å². The van der Waals surface area contributed by atoms with E-state index in [0.717, 1.165) is 0 Å². The van der Waals surface area contributed by atoms with Crippen LogP contribution in [-0.4, -0.2) is 16.8 Å². The van der Waals surface area contributed by atoms with Crippen LogP contribution in [0.3, 0.4) is 0 Å². The molecule has 0 fully saturated rings. The third kappa shape index (κ3) is 3.04. The summed E-state index contributed by atoms with van der Waals surface area (Å²) < 4.78 is 0. The summed E-state index contributed by atoms with van der Waals surface area (Å²) in [5.41, 5.74) is 5.96. The summed E-state index contributed by atoms with van der Waals surface area (Å²) in [7, 11) is 0. The highest BCUT2D eigenvalue weighted by Gasteiger charge is 2.09. The van der Waals surface area contributed by atoms with Crippen LogP contribution in [0.1, 0.15) is 11.6 Å². The maximum absolute atomic E-state index is 9.29. The van der Waals surface area contributed by atoms with Gasteiger partial charge in [-0.2, -0.15) is 0 Å². The van der Waals surface area contributed by atoms with E-state index in [9.17, 15) is 5.11 Å². The molecule has 0 aliphatic rings. The van der Waals surface area contributed by atoms with Crippen LogP contribution in [0.2, 0.25) is 5.02 Å². The molecule has 0 unspecified atom stereocenters. The Balaban J connectivity index is 0.00000144. The quantitative estimate of drug-likeness (QED) is 0.712. The van der Waals surface area contributed by atoms with Gasteiger partial charge in [0.2, 0.25) is 0 Å². The zero-order valence-electron chi connectivity index (χ0n) is 6.77.